The minimum atomic E-state index is -0.826. The van der Waals surface area contributed by atoms with Crippen molar-refractivity contribution in [3.8, 4) is 11.1 Å². The van der Waals surface area contributed by atoms with Gasteiger partial charge >= 0.3 is 37.9 Å². The van der Waals surface area contributed by atoms with Gasteiger partial charge in [-0.15, -0.1) is 0 Å². The summed E-state index contributed by atoms with van der Waals surface area (Å²) < 4.78 is 0. The van der Waals surface area contributed by atoms with Crippen LogP contribution in [0.1, 0.15) is 24.5 Å². The van der Waals surface area contributed by atoms with Gasteiger partial charge in [0.25, 0.3) is 0 Å². The average molecular weight is 417 g/mol. The molecule has 0 N–H and O–H groups in total. The van der Waals surface area contributed by atoms with Gasteiger partial charge < -0.3 is 0 Å². The van der Waals surface area contributed by atoms with Crippen molar-refractivity contribution in [2.75, 3.05) is 0 Å². The molecule has 0 bridgehead atoms. The summed E-state index contributed by atoms with van der Waals surface area (Å²) in [7, 11) is 9.87. The standard InChI is InChI=1S/C17H15Cl.2ClH.Zr/c1-2-12-10-14-4-3-5-16(17(14)11-12)13-6-8-15(18)9-7-13;;;/h3-9,11H,2,10H2,1H3;2*1H;/q;;;+2/p-2. The summed E-state index contributed by atoms with van der Waals surface area (Å²) in [4.78, 5) is 0. The van der Waals surface area contributed by atoms with Crippen molar-refractivity contribution in [3.05, 3.63) is 64.2 Å². The third-order valence-corrected chi connectivity index (χ3v) is 3.82. The molecule has 0 spiro atoms. The van der Waals surface area contributed by atoms with Crippen molar-refractivity contribution in [2.45, 2.75) is 19.8 Å². The van der Waals surface area contributed by atoms with Gasteiger partial charge in [0.2, 0.25) is 0 Å². The SMILES string of the molecule is CCC1=Cc2c(cccc2-c2ccc(Cl)cc2)C1.[Cl][Zr][Cl]. The van der Waals surface area contributed by atoms with E-state index in [4.69, 9.17) is 28.6 Å². The molecule has 0 nitrogen and oxygen atoms in total. The molecule has 0 saturated heterocycles. The van der Waals surface area contributed by atoms with Crippen LogP contribution in [0.4, 0.5) is 0 Å². The predicted octanol–water partition coefficient (Wildman–Crippen LogP) is 6.73. The zero-order valence-electron chi connectivity index (χ0n) is 11.7. The van der Waals surface area contributed by atoms with Crippen LogP contribution in [-0.4, -0.2) is 0 Å². The topological polar surface area (TPSA) is 0 Å². The van der Waals surface area contributed by atoms with Crippen molar-refractivity contribution < 1.29 is 20.8 Å². The molecule has 1 aliphatic rings. The Morgan fingerprint density at radius 2 is 1.71 bits per heavy atom. The Kier molecular flexibility index (Phi) is 7.03. The molecule has 0 heterocycles. The molecule has 108 valence electrons. The molecule has 0 amide bonds. The first-order chi connectivity index (χ1) is 10.2. The third-order valence-electron chi connectivity index (χ3n) is 3.57. The van der Waals surface area contributed by atoms with Crippen molar-refractivity contribution in [1.29, 1.82) is 0 Å². The second-order valence-corrected chi connectivity index (χ2v) is 8.96. The van der Waals surface area contributed by atoms with Crippen LogP contribution >= 0.6 is 28.6 Å². The van der Waals surface area contributed by atoms with Gasteiger partial charge in [0.1, 0.15) is 0 Å². The molecule has 0 unspecified atom stereocenters. The van der Waals surface area contributed by atoms with Crippen molar-refractivity contribution in [1.82, 2.24) is 0 Å². The second-order valence-electron chi connectivity index (χ2n) is 4.79. The van der Waals surface area contributed by atoms with Crippen LogP contribution in [0.25, 0.3) is 17.2 Å². The summed E-state index contributed by atoms with van der Waals surface area (Å²) in [6.07, 6.45) is 4.58. The van der Waals surface area contributed by atoms with Crippen molar-refractivity contribution in [2.24, 2.45) is 0 Å². The van der Waals surface area contributed by atoms with Gasteiger partial charge in [0.15, 0.2) is 0 Å². The zero-order valence-corrected chi connectivity index (χ0v) is 16.4. The summed E-state index contributed by atoms with van der Waals surface area (Å²) in [5.74, 6) is 0. The predicted molar refractivity (Wildman–Crippen MR) is 90.6 cm³/mol. The molecule has 0 saturated carbocycles. The number of fused-ring (bicyclic) bond motifs is 1. The Morgan fingerprint density at radius 3 is 2.33 bits per heavy atom. The Hall–Kier alpha value is -0.0669. The van der Waals surface area contributed by atoms with Gasteiger partial charge in [-0.05, 0) is 47.2 Å². The van der Waals surface area contributed by atoms with Crippen LogP contribution in [0.15, 0.2) is 48.0 Å². The van der Waals surface area contributed by atoms with E-state index in [9.17, 15) is 0 Å². The molecular formula is C17H15Cl3Zr. The quantitative estimate of drug-likeness (QED) is 0.509. The van der Waals surface area contributed by atoms with Gasteiger partial charge in [0.05, 0.1) is 0 Å². The molecule has 2 aromatic rings. The van der Waals surface area contributed by atoms with Crippen molar-refractivity contribution in [3.63, 3.8) is 0 Å². The second kappa shape index (κ2) is 8.54. The first kappa shape index (κ1) is 17.3. The van der Waals surface area contributed by atoms with E-state index in [-0.39, 0.29) is 0 Å². The van der Waals surface area contributed by atoms with Gasteiger partial charge in [-0.3, -0.25) is 0 Å². The number of benzene rings is 2. The van der Waals surface area contributed by atoms with Crippen molar-refractivity contribution >= 4 is 34.7 Å². The first-order valence-electron chi connectivity index (χ1n) is 6.73. The molecular weight excluding hydrogens is 402 g/mol. The van der Waals surface area contributed by atoms with E-state index in [1.54, 1.807) is 0 Å². The summed E-state index contributed by atoms with van der Waals surface area (Å²) in [5.41, 5.74) is 6.90. The summed E-state index contributed by atoms with van der Waals surface area (Å²) in [5, 5.41) is 0.788. The fraction of sp³-hybridized carbons (Fsp3) is 0.176. The minimum absolute atomic E-state index is 0.788. The van der Waals surface area contributed by atoms with Gasteiger partial charge in [-0.25, -0.2) is 0 Å². The third kappa shape index (κ3) is 4.46. The van der Waals surface area contributed by atoms with Crippen LogP contribution in [0.2, 0.25) is 5.02 Å². The molecule has 21 heavy (non-hydrogen) atoms. The van der Waals surface area contributed by atoms with E-state index in [1.165, 1.54) is 27.8 Å². The molecule has 4 heteroatoms. The molecule has 0 fully saturated rings. The monoisotopic (exact) mass is 414 g/mol. The van der Waals surface area contributed by atoms with Crippen LogP contribution in [-0.2, 0) is 27.3 Å². The maximum atomic E-state index is 5.95. The van der Waals surface area contributed by atoms with Crippen LogP contribution in [0.3, 0.4) is 0 Å². The van der Waals surface area contributed by atoms with E-state index >= 15 is 0 Å². The molecule has 0 radical (unpaired) electrons. The number of rotatable bonds is 2. The normalized spacial score (nSPS) is 12.1. The maximum absolute atomic E-state index is 5.95. The fourth-order valence-electron chi connectivity index (χ4n) is 2.55. The number of halogens is 3. The number of hydrogen-bond acceptors (Lipinski definition) is 0. The molecule has 3 rings (SSSR count). The molecule has 2 aromatic carbocycles. The molecule has 0 aliphatic heterocycles. The van der Waals surface area contributed by atoms with Crippen LogP contribution in [0.5, 0.6) is 0 Å². The van der Waals surface area contributed by atoms with E-state index in [1.807, 2.05) is 12.1 Å². The van der Waals surface area contributed by atoms with Gasteiger partial charge in [-0.2, -0.15) is 0 Å². The Labute approximate surface area is 149 Å². The Morgan fingerprint density at radius 1 is 1.05 bits per heavy atom. The first-order valence-corrected chi connectivity index (χ1v) is 13.4. The van der Waals surface area contributed by atoms with E-state index in [2.05, 4.69) is 43.3 Å². The Balaban J connectivity index is 0.000000497. The average Bonchev–Trinajstić information content (AvgIpc) is 2.92. The van der Waals surface area contributed by atoms with Crippen LogP contribution < -0.4 is 0 Å². The summed E-state index contributed by atoms with van der Waals surface area (Å²) in [6.45, 7) is 2.22. The summed E-state index contributed by atoms with van der Waals surface area (Å²) in [6, 6.07) is 14.7. The Bertz CT molecular complexity index is 633. The van der Waals surface area contributed by atoms with E-state index < -0.39 is 20.8 Å². The number of allylic oxidation sites excluding steroid dienone is 1. The van der Waals surface area contributed by atoms with Crippen LogP contribution in [0, 0.1) is 0 Å². The fourth-order valence-corrected chi connectivity index (χ4v) is 2.67. The van der Waals surface area contributed by atoms with Gasteiger partial charge in [0, 0.05) is 5.02 Å². The van der Waals surface area contributed by atoms with Gasteiger partial charge in [-0.1, -0.05) is 60.5 Å². The molecule has 0 aromatic heterocycles. The zero-order chi connectivity index (χ0) is 15.2. The molecule has 1 aliphatic carbocycles. The van der Waals surface area contributed by atoms with E-state index in [0.717, 1.165) is 17.9 Å². The van der Waals surface area contributed by atoms with E-state index in [0.29, 0.717) is 0 Å². The molecule has 0 atom stereocenters. The summed E-state index contributed by atoms with van der Waals surface area (Å²) >= 11 is 5.12. The number of hydrogen-bond donors (Lipinski definition) is 0.